The lowest BCUT2D eigenvalue weighted by atomic mass is 10.0. The van der Waals surface area contributed by atoms with E-state index >= 15 is 0 Å². The normalized spacial score (nSPS) is 11.8. The third kappa shape index (κ3) is 3.38. The highest BCUT2D eigenvalue weighted by Crippen LogP contribution is 2.25. The van der Waals surface area contributed by atoms with Crippen LogP contribution < -0.4 is 5.73 Å². The molecule has 1 aromatic heterocycles. The number of aryl methyl sites for hydroxylation is 1. The van der Waals surface area contributed by atoms with Crippen molar-refractivity contribution in [2.24, 2.45) is 5.73 Å². The van der Waals surface area contributed by atoms with Gasteiger partial charge in [-0.15, -0.1) is 11.3 Å². The molecule has 0 saturated heterocycles. The van der Waals surface area contributed by atoms with E-state index in [0.29, 0.717) is 0 Å². The van der Waals surface area contributed by atoms with Gasteiger partial charge in [0, 0.05) is 22.9 Å². The summed E-state index contributed by atoms with van der Waals surface area (Å²) in [6.07, 6.45) is 0.815. The summed E-state index contributed by atoms with van der Waals surface area (Å²) in [6, 6.07) is 8.46. The van der Waals surface area contributed by atoms with Crippen LogP contribution in [-0.4, -0.2) is 10.5 Å². The van der Waals surface area contributed by atoms with E-state index < -0.39 is 0 Å². The minimum absolute atomic E-state index is 0.196. The van der Waals surface area contributed by atoms with Crippen LogP contribution in [-0.2, 0) is 6.42 Å². The van der Waals surface area contributed by atoms with Gasteiger partial charge < -0.3 is 5.73 Å². The van der Waals surface area contributed by atoms with E-state index in [1.807, 2.05) is 13.8 Å². The summed E-state index contributed by atoms with van der Waals surface area (Å²) < 4.78 is 0. The second-order valence-electron chi connectivity index (χ2n) is 5.18. The molecule has 0 saturated carbocycles. The molecule has 3 heteroatoms. The van der Waals surface area contributed by atoms with E-state index in [9.17, 15) is 0 Å². The Morgan fingerprint density at radius 2 is 1.88 bits per heavy atom. The highest BCUT2D eigenvalue weighted by Gasteiger charge is 2.14. The molecule has 0 bridgehead atoms. The van der Waals surface area contributed by atoms with Gasteiger partial charge in [0.15, 0.2) is 0 Å². The maximum Gasteiger partial charge on any atom is 0.123 e. The molecule has 2 rings (SSSR count). The Hall–Kier alpha value is -1.19. The largest absolute Gasteiger partial charge is 0.325 e. The number of rotatable bonds is 3. The van der Waals surface area contributed by atoms with Crippen molar-refractivity contribution < 1.29 is 0 Å². The zero-order valence-corrected chi connectivity index (χ0v) is 11.3. The number of aromatic nitrogens is 1. The molecule has 0 aliphatic rings. The molecular formula is C14H18N2S. The average Bonchev–Trinajstić information content (AvgIpc) is 2.64. The minimum Gasteiger partial charge on any atom is -0.325 e. The van der Waals surface area contributed by atoms with E-state index in [0.717, 1.165) is 17.1 Å². The smallest absolute Gasteiger partial charge is 0.123 e. The molecule has 90 valence electrons. The van der Waals surface area contributed by atoms with Gasteiger partial charge in [-0.05, 0) is 20.8 Å². The molecule has 0 atom stereocenters. The molecule has 0 radical (unpaired) electrons. The lowest BCUT2D eigenvalue weighted by Crippen LogP contribution is -2.34. The van der Waals surface area contributed by atoms with Crippen LogP contribution in [0.25, 0.3) is 10.6 Å². The van der Waals surface area contributed by atoms with Crippen molar-refractivity contribution in [3.8, 4) is 10.6 Å². The number of hydrogen-bond donors (Lipinski definition) is 1. The van der Waals surface area contributed by atoms with Gasteiger partial charge >= 0.3 is 0 Å². The second kappa shape index (κ2) is 4.59. The van der Waals surface area contributed by atoms with Crippen LogP contribution in [0.4, 0.5) is 0 Å². The van der Waals surface area contributed by atoms with Gasteiger partial charge in [-0.2, -0.15) is 0 Å². The SMILES string of the molecule is Cc1ccc(-c2nc(CC(C)(C)N)cs2)cc1. The van der Waals surface area contributed by atoms with Gasteiger partial charge in [-0.25, -0.2) is 4.98 Å². The van der Waals surface area contributed by atoms with Crippen molar-refractivity contribution >= 4 is 11.3 Å². The third-order valence-electron chi connectivity index (χ3n) is 2.49. The van der Waals surface area contributed by atoms with Crippen molar-refractivity contribution in [1.29, 1.82) is 0 Å². The van der Waals surface area contributed by atoms with Crippen LogP contribution in [0.5, 0.6) is 0 Å². The number of benzene rings is 1. The monoisotopic (exact) mass is 246 g/mol. The Bertz CT molecular complexity index is 492. The summed E-state index contributed by atoms with van der Waals surface area (Å²) >= 11 is 1.68. The van der Waals surface area contributed by atoms with Crippen molar-refractivity contribution in [3.63, 3.8) is 0 Å². The first-order valence-electron chi connectivity index (χ1n) is 5.74. The lowest BCUT2D eigenvalue weighted by molar-refractivity contribution is 0.511. The number of nitrogens with zero attached hydrogens (tertiary/aromatic N) is 1. The Labute approximate surface area is 107 Å². The van der Waals surface area contributed by atoms with Crippen molar-refractivity contribution in [2.45, 2.75) is 32.7 Å². The molecule has 0 aliphatic carbocycles. The summed E-state index contributed by atoms with van der Waals surface area (Å²) in [5.41, 5.74) is 9.34. The first-order valence-corrected chi connectivity index (χ1v) is 6.62. The molecule has 0 amide bonds. The molecule has 2 aromatic rings. The Morgan fingerprint density at radius 1 is 1.24 bits per heavy atom. The molecule has 0 aliphatic heterocycles. The predicted octanol–water partition coefficient (Wildman–Crippen LogP) is 3.40. The first-order chi connectivity index (χ1) is 7.94. The molecule has 2 N–H and O–H groups in total. The second-order valence-corrected chi connectivity index (χ2v) is 6.03. The van der Waals surface area contributed by atoms with Crippen LogP contribution >= 0.6 is 11.3 Å². The van der Waals surface area contributed by atoms with Crippen LogP contribution in [0.1, 0.15) is 25.1 Å². The average molecular weight is 246 g/mol. The van der Waals surface area contributed by atoms with Crippen LogP contribution in [0, 0.1) is 6.92 Å². The summed E-state index contributed by atoms with van der Waals surface area (Å²) in [5, 5.41) is 3.17. The fourth-order valence-corrected chi connectivity index (χ4v) is 2.51. The van der Waals surface area contributed by atoms with Gasteiger partial charge in [-0.1, -0.05) is 29.8 Å². The van der Waals surface area contributed by atoms with Crippen LogP contribution in [0.2, 0.25) is 0 Å². The molecule has 17 heavy (non-hydrogen) atoms. The minimum atomic E-state index is -0.196. The first kappa shape index (κ1) is 12.3. The fraction of sp³-hybridized carbons (Fsp3) is 0.357. The highest BCUT2D eigenvalue weighted by atomic mass is 32.1. The Morgan fingerprint density at radius 3 is 2.47 bits per heavy atom. The standard InChI is InChI=1S/C14H18N2S/c1-10-4-6-11(7-5-10)13-16-12(9-17-13)8-14(2,3)15/h4-7,9H,8,15H2,1-3H3. The Kier molecular flexibility index (Phi) is 3.31. The molecule has 0 fully saturated rings. The fourth-order valence-electron chi connectivity index (χ4n) is 1.68. The van der Waals surface area contributed by atoms with Gasteiger partial charge in [0.2, 0.25) is 0 Å². The van der Waals surface area contributed by atoms with Gasteiger partial charge in [0.25, 0.3) is 0 Å². The predicted molar refractivity (Wildman–Crippen MR) is 74.3 cm³/mol. The number of hydrogen-bond acceptors (Lipinski definition) is 3. The van der Waals surface area contributed by atoms with Crippen molar-refractivity contribution in [2.75, 3.05) is 0 Å². The lowest BCUT2D eigenvalue weighted by Gasteiger charge is -2.16. The molecular weight excluding hydrogens is 228 g/mol. The topological polar surface area (TPSA) is 38.9 Å². The molecule has 2 nitrogen and oxygen atoms in total. The molecule has 1 heterocycles. The number of nitrogens with two attached hydrogens (primary N) is 1. The van der Waals surface area contributed by atoms with Crippen molar-refractivity contribution in [1.82, 2.24) is 4.98 Å². The summed E-state index contributed by atoms with van der Waals surface area (Å²) in [4.78, 5) is 4.63. The van der Waals surface area contributed by atoms with Crippen LogP contribution in [0.3, 0.4) is 0 Å². The van der Waals surface area contributed by atoms with Crippen LogP contribution in [0.15, 0.2) is 29.6 Å². The maximum absolute atomic E-state index is 6.00. The van der Waals surface area contributed by atoms with Crippen molar-refractivity contribution in [3.05, 3.63) is 40.9 Å². The van der Waals surface area contributed by atoms with Gasteiger partial charge in [-0.3, -0.25) is 0 Å². The summed E-state index contributed by atoms with van der Waals surface area (Å²) in [5.74, 6) is 0. The summed E-state index contributed by atoms with van der Waals surface area (Å²) in [7, 11) is 0. The van der Waals surface area contributed by atoms with E-state index in [1.165, 1.54) is 11.1 Å². The third-order valence-corrected chi connectivity index (χ3v) is 3.43. The van der Waals surface area contributed by atoms with Gasteiger partial charge in [0.1, 0.15) is 5.01 Å². The Balaban J connectivity index is 2.21. The quantitative estimate of drug-likeness (QED) is 0.901. The van der Waals surface area contributed by atoms with E-state index in [-0.39, 0.29) is 5.54 Å². The maximum atomic E-state index is 6.00. The van der Waals surface area contributed by atoms with E-state index in [1.54, 1.807) is 11.3 Å². The van der Waals surface area contributed by atoms with E-state index in [2.05, 4.69) is 41.6 Å². The van der Waals surface area contributed by atoms with Gasteiger partial charge in [0.05, 0.1) is 5.69 Å². The summed E-state index contributed by atoms with van der Waals surface area (Å²) in [6.45, 7) is 6.14. The zero-order chi connectivity index (χ0) is 12.5. The molecule has 0 unspecified atom stereocenters. The van der Waals surface area contributed by atoms with E-state index in [4.69, 9.17) is 5.73 Å². The number of thiazole rings is 1. The highest BCUT2D eigenvalue weighted by molar-refractivity contribution is 7.13. The zero-order valence-electron chi connectivity index (χ0n) is 10.5. The molecule has 1 aromatic carbocycles. The molecule has 0 spiro atoms.